The molecule has 1 aliphatic rings. The Morgan fingerprint density at radius 2 is 1.88 bits per heavy atom. The Bertz CT molecular complexity index is 1430. The number of benzene rings is 2. The summed E-state index contributed by atoms with van der Waals surface area (Å²) in [6.45, 7) is 0.456. The molecule has 1 heterocycles. The Morgan fingerprint density at radius 1 is 1.15 bits per heavy atom. The van der Waals surface area contributed by atoms with E-state index in [0.717, 1.165) is 36.3 Å². The zero-order valence-electron chi connectivity index (χ0n) is 23.9. The first-order valence-corrected chi connectivity index (χ1v) is 15.0. The Balaban J connectivity index is 1.65. The summed E-state index contributed by atoms with van der Waals surface area (Å²) in [6.07, 6.45) is 1.73. The number of anilines is 2. The number of hydrogen-bond acceptors (Lipinski definition) is 5. The molecule has 0 aliphatic heterocycles. The number of carbonyl (C=O) groups excluding carboxylic acids is 1. The van der Waals surface area contributed by atoms with Gasteiger partial charge in [0.25, 0.3) is 0 Å². The maximum Gasteiger partial charge on any atom is 0.406 e. The van der Waals surface area contributed by atoms with Crippen LogP contribution in [0.2, 0.25) is 0 Å². The zero-order valence-corrected chi connectivity index (χ0v) is 24.7. The van der Waals surface area contributed by atoms with E-state index in [1.54, 1.807) is 43.3 Å². The van der Waals surface area contributed by atoms with Crippen LogP contribution in [-0.2, 0) is 11.3 Å². The molecule has 10 heteroatoms. The maximum absolute atomic E-state index is 13.7. The SMILES string of the molecule is CCC(=O)N(CC#Cc1cc2c(N[C@H]3CC[C@@H](N(C)C)CC3)cccc2n1CC(F)(F)F)c1ccc(SC)cc1O. The third-order valence-electron chi connectivity index (χ3n) is 7.60. The lowest BCUT2D eigenvalue weighted by atomic mass is 9.90. The molecule has 220 valence electrons. The average molecular weight is 587 g/mol. The fourth-order valence-corrected chi connectivity index (χ4v) is 5.82. The van der Waals surface area contributed by atoms with Crippen molar-refractivity contribution in [3.63, 3.8) is 0 Å². The minimum absolute atomic E-state index is 0.0537. The summed E-state index contributed by atoms with van der Waals surface area (Å²) in [7, 11) is 4.18. The van der Waals surface area contributed by atoms with Gasteiger partial charge in [-0.15, -0.1) is 11.8 Å². The van der Waals surface area contributed by atoms with Gasteiger partial charge in [0, 0.05) is 34.5 Å². The number of nitrogens with one attached hydrogen (secondary N) is 1. The van der Waals surface area contributed by atoms with Crippen molar-refractivity contribution >= 4 is 39.9 Å². The molecule has 0 saturated heterocycles. The molecular formula is C31H37F3N4O2S. The Morgan fingerprint density at radius 3 is 2.49 bits per heavy atom. The van der Waals surface area contributed by atoms with Gasteiger partial charge in [-0.3, -0.25) is 9.69 Å². The van der Waals surface area contributed by atoms with E-state index >= 15 is 0 Å². The molecule has 1 aliphatic carbocycles. The van der Waals surface area contributed by atoms with Crippen LogP contribution in [0, 0.1) is 11.8 Å². The highest BCUT2D eigenvalue weighted by Crippen LogP contribution is 2.34. The fourth-order valence-electron chi connectivity index (χ4n) is 5.39. The molecule has 2 aromatic carbocycles. The van der Waals surface area contributed by atoms with E-state index in [1.807, 2.05) is 12.3 Å². The molecule has 3 aromatic rings. The largest absolute Gasteiger partial charge is 0.506 e. The lowest BCUT2D eigenvalue weighted by Crippen LogP contribution is -2.36. The van der Waals surface area contributed by atoms with Gasteiger partial charge in [-0.2, -0.15) is 13.2 Å². The molecule has 1 aromatic heterocycles. The Hall–Kier alpha value is -3.29. The van der Waals surface area contributed by atoms with E-state index < -0.39 is 12.7 Å². The molecular weight excluding hydrogens is 549 g/mol. The molecule has 0 unspecified atom stereocenters. The highest BCUT2D eigenvalue weighted by atomic mass is 32.2. The predicted molar refractivity (Wildman–Crippen MR) is 161 cm³/mol. The summed E-state index contributed by atoms with van der Waals surface area (Å²) in [5, 5.41) is 14.8. The van der Waals surface area contributed by atoms with Gasteiger partial charge < -0.3 is 19.9 Å². The summed E-state index contributed by atoms with van der Waals surface area (Å²) in [4.78, 5) is 17.2. The van der Waals surface area contributed by atoms with Crippen molar-refractivity contribution in [2.75, 3.05) is 37.1 Å². The van der Waals surface area contributed by atoms with Gasteiger partial charge in [0.1, 0.15) is 12.3 Å². The number of hydrogen-bond donors (Lipinski definition) is 2. The lowest BCUT2D eigenvalue weighted by molar-refractivity contribution is -0.140. The number of aromatic hydroxyl groups is 1. The van der Waals surface area contributed by atoms with Gasteiger partial charge in [0.15, 0.2) is 0 Å². The first-order valence-electron chi connectivity index (χ1n) is 13.8. The van der Waals surface area contributed by atoms with Crippen molar-refractivity contribution in [3.8, 4) is 17.6 Å². The number of carbonyl (C=O) groups is 1. The molecule has 2 N–H and O–H groups in total. The van der Waals surface area contributed by atoms with E-state index in [2.05, 4.69) is 36.2 Å². The number of rotatable bonds is 8. The Labute approximate surface area is 243 Å². The summed E-state index contributed by atoms with van der Waals surface area (Å²) in [5.74, 6) is 5.49. The highest BCUT2D eigenvalue weighted by Gasteiger charge is 2.30. The number of aromatic nitrogens is 1. The third-order valence-corrected chi connectivity index (χ3v) is 8.33. The van der Waals surface area contributed by atoms with E-state index in [-0.39, 0.29) is 36.4 Å². The molecule has 0 atom stereocenters. The molecule has 1 fully saturated rings. The highest BCUT2D eigenvalue weighted by molar-refractivity contribution is 7.98. The van der Waals surface area contributed by atoms with Crippen LogP contribution in [0.25, 0.3) is 10.9 Å². The van der Waals surface area contributed by atoms with Crippen molar-refractivity contribution in [2.24, 2.45) is 0 Å². The first-order chi connectivity index (χ1) is 19.5. The third kappa shape index (κ3) is 7.52. The van der Waals surface area contributed by atoms with Crippen LogP contribution in [0.1, 0.15) is 44.7 Å². The van der Waals surface area contributed by atoms with E-state index in [9.17, 15) is 23.1 Å². The van der Waals surface area contributed by atoms with Gasteiger partial charge in [0.05, 0.1) is 23.4 Å². The Kier molecular flexibility index (Phi) is 9.82. The quantitative estimate of drug-likeness (QED) is 0.227. The molecule has 1 amide bonds. The van der Waals surface area contributed by atoms with Crippen LogP contribution in [-0.4, -0.2) is 65.6 Å². The fraction of sp³-hybridized carbons (Fsp3) is 0.452. The van der Waals surface area contributed by atoms with Crippen molar-refractivity contribution < 1.29 is 23.1 Å². The topological polar surface area (TPSA) is 60.7 Å². The van der Waals surface area contributed by atoms with Crippen LogP contribution in [0.4, 0.5) is 24.5 Å². The van der Waals surface area contributed by atoms with Crippen molar-refractivity contribution in [1.82, 2.24) is 9.47 Å². The van der Waals surface area contributed by atoms with Crippen molar-refractivity contribution in [2.45, 2.75) is 68.7 Å². The summed E-state index contributed by atoms with van der Waals surface area (Å²) >= 11 is 1.46. The van der Waals surface area contributed by atoms with Crippen LogP contribution in [0.3, 0.4) is 0 Å². The van der Waals surface area contributed by atoms with Gasteiger partial charge in [-0.05, 0) is 88.4 Å². The number of fused-ring (bicyclic) bond motifs is 1. The predicted octanol–water partition coefficient (Wildman–Crippen LogP) is 6.71. The number of phenols is 1. The minimum Gasteiger partial charge on any atom is -0.506 e. The standard InChI is InChI=1S/C31H37F3N4O2S/c1-5-30(40)37(28-16-15-24(41-4)19-29(28)39)17-7-8-23-18-25-26(35-21-11-13-22(14-12-21)36(2)3)9-6-10-27(25)38(23)20-31(32,33)34/h6,9-10,15-16,18-19,21-22,35,39H,5,11-14,17,20H2,1-4H3/t21-,22+. The number of alkyl halides is 3. The number of halogens is 3. The van der Waals surface area contributed by atoms with Crippen LogP contribution in [0.15, 0.2) is 47.4 Å². The smallest absolute Gasteiger partial charge is 0.406 e. The van der Waals surface area contributed by atoms with Crippen molar-refractivity contribution in [3.05, 3.63) is 48.2 Å². The van der Waals surface area contributed by atoms with E-state index in [4.69, 9.17) is 0 Å². The molecule has 1 saturated carbocycles. The average Bonchev–Trinajstić information content (AvgIpc) is 3.27. The van der Waals surface area contributed by atoms with E-state index in [0.29, 0.717) is 22.6 Å². The molecule has 6 nitrogen and oxygen atoms in total. The molecule has 41 heavy (non-hydrogen) atoms. The van der Waals surface area contributed by atoms with Gasteiger partial charge in [-0.25, -0.2) is 0 Å². The van der Waals surface area contributed by atoms with Crippen LogP contribution < -0.4 is 10.2 Å². The first kappa shape index (κ1) is 30.7. The second-order valence-electron chi connectivity index (χ2n) is 10.6. The molecule has 0 bridgehead atoms. The zero-order chi connectivity index (χ0) is 29.7. The van der Waals surface area contributed by atoms with E-state index in [1.165, 1.54) is 21.2 Å². The monoisotopic (exact) mass is 586 g/mol. The van der Waals surface area contributed by atoms with Gasteiger partial charge in [0.2, 0.25) is 5.91 Å². The summed E-state index contributed by atoms with van der Waals surface area (Å²) in [5.41, 5.74) is 1.77. The number of nitrogens with zero attached hydrogens (tertiary/aromatic N) is 3. The molecule has 0 radical (unpaired) electrons. The van der Waals surface area contributed by atoms with Crippen molar-refractivity contribution in [1.29, 1.82) is 0 Å². The van der Waals surface area contributed by atoms with Gasteiger partial charge in [-0.1, -0.05) is 18.9 Å². The van der Waals surface area contributed by atoms with Crippen LogP contribution >= 0.6 is 11.8 Å². The summed E-state index contributed by atoms with van der Waals surface area (Å²) < 4.78 is 42.2. The number of amides is 1. The minimum atomic E-state index is -4.44. The molecule has 0 spiro atoms. The number of thioether (sulfide) groups is 1. The number of phenolic OH excluding ortho intramolecular Hbond substituents is 1. The van der Waals surface area contributed by atoms with Crippen LogP contribution in [0.5, 0.6) is 5.75 Å². The summed E-state index contributed by atoms with van der Waals surface area (Å²) in [6, 6.07) is 12.9. The van der Waals surface area contributed by atoms with Gasteiger partial charge >= 0.3 is 6.18 Å². The molecule has 4 rings (SSSR count). The normalized spacial score (nSPS) is 17.4. The lowest BCUT2D eigenvalue weighted by Gasteiger charge is -2.33. The maximum atomic E-state index is 13.7. The second kappa shape index (κ2) is 13.1. The second-order valence-corrected chi connectivity index (χ2v) is 11.5.